The highest BCUT2D eigenvalue weighted by molar-refractivity contribution is 6.01. The quantitative estimate of drug-likeness (QED) is 0.177. The van der Waals surface area contributed by atoms with E-state index in [1.165, 1.54) is 95.0 Å². The lowest BCUT2D eigenvalue weighted by Gasteiger charge is -2.39. The molecule has 0 unspecified atom stereocenters. The Hall–Kier alpha value is -4.88. The minimum atomic E-state index is -0.167. The number of hydrogen-bond acceptors (Lipinski definition) is 1. The molecule has 0 heterocycles. The summed E-state index contributed by atoms with van der Waals surface area (Å²) >= 11 is 0. The van der Waals surface area contributed by atoms with E-state index in [0.717, 1.165) is 12.8 Å². The van der Waals surface area contributed by atoms with Gasteiger partial charge in [-0.2, -0.15) is 0 Å². The molecule has 0 saturated carbocycles. The Morgan fingerprint density at radius 1 is 0.517 bits per heavy atom. The molecule has 0 spiro atoms. The van der Waals surface area contributed by atoms with E-state index >= 15 is 0 Å². The zero-order valence-corrected chi connectivity index (χ0v) is 37.8. The van der Waals surface area contributed by atoms with E-state index in [2.05, 4.69) is 203 Å². The fourth-order valence-corrected chi connectivity index (χ4v) is 10.3. The number of fused-ring (bicyclic) bond motifs is 10. The SMILES string of the molecule is CC.CC(C)(C)c1ccc2c(c1)C(C)(C)c1cc(C(C)(C)C)cc(N(c3ccc4c(c3)C(C)(C)/C3=C/C=CC/C=C/4C3)c3cccc4c3-c3ccccc3C4(C)C)c1-2. The summed E-state index contributed by atoms with van der Waals surface area (Å²) in [6, 6.07) is 36.0. The highest BCUT2D eigenvalue weighted by Crippen LogP contribution is 2.60. The second-order valence-corrected chi connectivity index (χ2v) is 20.6. The van der Waals surface area contributed by atoms with Crippen molar-refractivity contribution in [2.45, 2.75) is 137 Å². The van der Waals surface area contributed by atoms with Crippen LogP contribution in [-0.2, 0) is 27.1 Å². The molecule has 1 heteroatoms. The molecule has 0 atom stereocenters. The largest absolute Gasteiger partial charge is 0.309 e. The van der Waals surface area contributed by atoms with Crippen molar-refractivity contribution in [3.05, 3.63) is 165 Å². The average molecular weight is 764 g/mol. The van der Waals surface area contributed by atoms with E-state index in [0.29, 0.717) is 0 Å². The first-order valence-corrected chi connectivity index (χ1v) is 21.9. The second kappa shape index (κ2) is 13.6. The molecule has 0 aliphatic heterocycles. The number of allylic oxidation sites excluding steroid dienone is 6. The number of hydrogen-bond donors (Lipinski definition) is 0. The number of nitrogens with zero attached hydrogens (tertiary/aromatic N) is 1. The lowest BCUT2D eigenvalue weighted by atomic mass is 9.67. The zero-order chi connectivity index (χ0) is 41.7. The molecule has 5 aromatic carbocycles. The number of rotatable bonds is 3. The summed E-state index contributed by atoms with van der Waals surface area (Å²) < 4.78 is 0. The van der Waals surface area contributed by atoms with Crippen LogP contribution in [0, 0.1) is 0 Å². The van der Waals surface area contributed by atoms with Crippen molar-refractivity contribution >= 4 is 22.6 Å². The van der Waals surface area contributed by atoms with Gasteiger partial charge in [0.15, 0.2) is 0 Å². The molecule has 4 aliphatic carbocycles. The van der Waals surface area contributed by atoms with E-state index in [4.69, 9.17) is 0 Å². The molecule has 0 saturated heterocycles. The summed E-state index contributed by atoms with van der Waals surface area (Å²) in [7, 11) is 0. The topological polar surface area (TPSA) is 3.24 Å². The summed E-state index contributed by atoms with van der Waals surface area (Å²) in [5.41, 5.74) is 22.9. The van der Waals surface area contributed by atoms with Crippen LogP contribution in [0.5, 0.6) is 0 Å². The van der Waals surface area contributed by atoms with Gasteiger partial charge in [0.1, 0.15) is 0 Å². The van der Waals surface area contributed by atoms with Crippen molar-refractivity contribution in [1.29, 1.82) is 0 Å². The summed E-state index contributed by atoms with van der Waals surface area (Å²) in [5, 5.41) is 0. The molecule has 0 fully saturated rings. The third kappa shape index (κ3) is 6.01. The van der Waals surface area contributed by atoms with Crippen molar-refractivity contribution in [3.63, 3.8) is 0 Å². The maximum absolute atomic E-state index is 2.66. The van der Waals surface area contributed by atoms with Gasteiger partial charge in [-0.15, -0.1) is 0 Å². The van der Waals surface area contributed by atoms with Gasteiger partial charge in [0.2, 0.25) is 0 Å². The Morgan fingerprint density at radius 2 is 1.12 bits per heavy atom. The fraction of sp³-hybridized carbons (Fsp3) is 0.368. The van der Waals surface area contributed by atoms with Crippen LogP contribution in [0.3, 0.4) is 0 Å². The first kappa shape index (κ1) is 39.9. The van der Waals surface area contributed by atoms with Gasteiger partial charge in [-0.25, -0.2) is 0 Å². The standard InChI is InChI=1S/C55H59N.C2H6/c1-51(2,3)35-25-27-41-44(30-35)55(11,12)46-31-37(52(4,5)6)32-48(50(41)46)56(47-24-18-23-43-49(47)40-21-16-17-22-42(40)54(43,9)10)38-26-28-39-34-19-14-13-15-20-36(29-34)53(7,8)45(39)33-38;1-2/h13,15-28,30-33H,14,29H2,1-12H3;1-2H3/b15-13?,34-19+,36-20+;. The van der Waals surface area contributed by atoms with Gasteiger partial charge in [0.25, 0.3) is 0 Å². The van der Waals surface area contributed by atoms with Crippen molar-refractivity contribution in [3.8, 4) is 22.3 Å². The minimum absolute atomic E-state index is 0.0530. The zero-order valence-electron chi connectivity index (χ0n) is 37.8. The Labute approximate surface area is 350 Å². The second-order valence-electron chi connectivity index (χ2n) is 20.6. The van der Waals surface area contributed by atoms with Crippen molar-refractivity contribution in [1.82, 2.24) is 0 Å². The number of benzene rings is 5. The van der Waals surface area contributed by atoms with E-state index in [1.807, 2.05) is 13.8 Å². The highest BCUT2D eigenvalue weighted by Gasteiger charge is 2.43. The van der Waals surface area contributed by atoms with Crippen LogP contribution < -0.4 is 4.90 Å². The van der Waals surface area contributed by atoms with Gasteiger partial charge in [-0.05, 0) is 109 Å². The molecular formula is C57H65N. The van der Waals surface area contributed by atoms with Gasteiger partial charge in [-0.3, -0.25) is 0 Å². The molecule has 4 aliphatic rings. The van der Waals surface area contributed by atoms with E-state index in [9.17, 15) is 0 Å². The fourth-order valence-electron chi connectivity index (χ4n) is 10.3. The van der Waals surface area contributed by atoms with Crippen molar-refractivity contribution in [2.24, 2.45) is 0 Å². The molecule has 0 N–H and O–H groups in total. The number of anilines is 3. The van der Waals surface area contributed by atoms with Gasteiger partial charge < -0.3 is 4.90 Å². The van der Waals surface area contributed by atoms with Crippen LogP contribution in [0.25, 0.3) is 27.8 Å². The highest BCUT2D eigenvalue weighted by atomic mass is 15.1. The molecule has 0 radical (unpaired) electrons. The molecule has 1 nitrogen and oxygen atoms in total. The molecule has 5 aromatic rings. The van der Waals surface area contributed by atoms with Crippen LogP contribution in [0.2, 0.25) is 0 Å². The smallest absolute Gasteiger partial charge is 0.0546 e. The van der Waals surface area contributed by atoms with E-state index in [1.54, 1.807) is 0 Å². The molecule has 2 bridgehead atoms. The summed E-state index contributed by atoms with van der Waals surface area (Å²) in [6.45, 7) is 32.7. The van der Waals surface area contributed by atoms with Crippen LogP contribution in [0.1, 0.15) is 154 Å². The average Bonchev–Trinajstić information content (AvgIpc) is 3.54. The first-order chi connectivity index (χ1) is 27.3. The molecule has 58 heavy (non-hydrogen) atoms. The Kier molecular flexibility index (Phi) is 9.35. The van der Waals surface area contributed by atoms with Crippen molar-refractivity contribution in [2.75, 3.05) is 4.90 Å². The molecule has 0 aromatic heterocycles. The van der Waals surface area contributed by atoms with Gasteiger partial charge in [0.05, 0.1) is 11.4 Å². The van der Waals surface area contributed by atoms with E-state index < -0.39 is 0 Å². The van der Waals surface area contributed by atoms with E-state index in [-0.39, 0.29) is 27.1 Å². The van der Waals surface area contributed by atoms with Crippen molar-refractivity contribution < 1.29 is 0 Å². The molecular weight excluding hydrogens is 699 g/mol. The summed E-state index contributed by atoms with van der Waals surface area (Å²) in [4.78, 5) is 2.66. The summed E-state index contributed by atoms with van der Waals surface area (Å²) in [6.07, 6.45) is 11.4. The van der Waals surface area contributed by atoms with Crippen LogP contribution in [-0.4, -0.2) is 0 Å². The van der Waals surface area contributed by atoms with Crippen LogP contribution >= 0.6 is 0 Å². The lowest BCUT2D eigenvalue weighted by Crippen LogP contribution is -2.27. The Balaban J connectivity index is 0.00000231. The molecule has 298 valence electrons. The third-order valence-corrected chi connectivity index (χ3v) is 14.0. The predicted molar refractivity (Wildman–Crippen MR) is 252 cm³/mol. The minimum Gasteiger partial charge on any atom is -0.309 e. The molecule has 0 amide bonds. The molecule has 9 rings (SSSR count). The lowest BCUT2D eigenvalue weighted by molar-refractivity contribution is 0.580. The monoisotopic (exact) mass is 764 g/mol. The van der Waals surface area contributed by atoms with Gasteiger partial charge >= 0.3 is 0 Å². The van der Waals surface area contributed by atoms with Crippen LogP contribution in [0.15, 0.2) is 121 Å². The van der Waals surface area contributed by atoms with Gasteiger partial charge in [-0.1, -0.05) is 194 Å². The summed E-state index contributed by atoms with van der Waals surface area (Å²) in [5.74, 6) is 0. The maximum atomic E-state index is 2.66. The van der Waals surface area contributed by atoms with Gasteiger partial charge in [0, 0.05) is 33.1 Å². The third-order valence-electron chi connectivity index (χ3n) is 14.0. The maximum Gasteiger partial charge on any atom is 0.0546 e. The Morgan fingerprint density at radius 3 is 1.84 bits per heavy atom. The van der Waals surface area contributed by atoms with Crippen LogP contribution in [0.4, 0.5) is 17.1 Å². The Bertz CT molecular complexity index is 2560. The predicted octanol–water partition coefficient (Wildman–Crippen LogP) is 16.3. The normalized spacial score (nSPS) is 19.3. The first-order valence-electron chi connectivity index (χ1n) is 21.9.